The lowest BCUT2D eigenvalue weighted by Crippen LogP contribution is -2.49. The van der Waals surface area contributed by atoms with Crippen LogP contribution in [0.1, 0.15) is 12.8 Å². The van der Waals surface area contributed by atoms with Crippen LogP contribution in [0.2, 0.25) is 0 Å². The van der Waals surface area contributed by atoms with Gasteiger partial charge in [-0.3, -0.25) is 5.10 Å². The number of hydrogen-bond donors (Lipinski definition) is 3. The quantitative estimate of drug-likeness (QED) is 0.660. The number of rotatable bonds is 4. The van der Waals surface area contributed by atoms with Crippen molar-refractivity contribution in [1.29, 1.82) is 0 Å². The van der Waals surface area contributed by atoms with Gasteiger partial charge in [-0.1, -0.05) is 30.3 Å². The lowest BCUT2D eigenvalue weighted by molar-refractivity contribution is 0.246. The molecular formula is C21H23N5O. The normalized spacial score (nSPS) is 16.7. The molecular weight excluding hydrogens is 338 g/mol. The van der Waals surface area contributed by atoms with Crippen molar-refractivity contribution >= 4 is 17.4 Å². The number of aromatic nitrogens is 2. The molecule has 1 atom stereocenters. The summed E-state index contributed by atoms with van der Waals surface area (Å²) in [6.45, 7) is 1.86. The molecule has 1 aliphatic rings. The number of carbonyl (C=O) groups excluding carboxylic acids is 1. The third kappa shape index (κ3) is 4.28. The number of nitrogens with one attached hydrogen (secondary N) is 3. The Morgan fingerprint density at radius 3 is 2.63 bits per heavy atom. The number of nitrogens with zero attached hydrogens (tertiary/aromatic N) is 2. The summed E-state index contributed by atoms with van der Waals surface area (Å²) in [6.07, 6.45) is 3.78. The van der Waals surface area contributed by atoms with E-state index in [9.17, 15) is 4.79 Å². The number of aromatic amines is 1. The van der Waals surface area contributed by atoms with Crippen molar-refractivity contribution in [3.8, 4) is 11.3 Å². The van der Waals surface area contributed by atoms with Crippen LogP contribution in [-0.2, 0) is 0 Å². The maximum atomic E-state index is 12.4. The van der Waals surface area contributed by atoms with Gasteiger partial charge in [0, 0.05) is 36.7 Å². The number of amides is 2. The Morgan fingerprint density at radius 2 is 1.89 bits per heavy atom. The number of hydrogen-bond acceptors (Lipinski definition) is 3. The summed E-state index contributed by atoms with van der Waals surface area (Å²) in [5.74, 6) is 0. The van der Waals surface area contributed by atoms with Crippen molar-refractivity contribution in [3.63, 3.8) is 0 Å². The Kier molecular flexibility index (Phi) is 5.05. The van der Waals surface area contributed by atoms with Gasteiger partial charge in [0.25, 0.3) is 0 Å². The Balaban J connectivity index is 1.32. The summed E-state index contributed by atoms with van der Waals surface area (Å²) in [6, 6.07) is 19.9. The zero-order valence-electron chi connectivity index (χ0n) is 15.1. The van der Waals surface area contributed by atoms with E-state index in [1.807, 2.05) is 48.5 Å². The molecule has 1 saturated heterocycles. The van der Waals surface area contributed by atoms with E-state index in [0.29, 0.717) is 0 Å². The van der Waals surface area contributed by atoms with Crippen LogP contribution in [0.15, 0.2) is 66.9 Å². The Morgan fingerprint density at radius 1 is 1.07 bits per heavy atom. The molecule has 138 valence electrons. The minimum atomic E-state index is -0.163. The molecule has 1 aliphatic heterocycles. The molecule has 1 aromatic heterocycles. The third-order valence-electron chi connectivity index (χ3n) is 4.83. The molecule has 6 nitrogen and oxygen atoms in total. The second-order valence-electron chi connectivity index (χ2n) is 6.77. The van der Waals surface area contributed by atoms with Crippen LogP contribution >= 0.6 is 0 Å². The summed E-state index contributed by atoms with van der Waals surface area (Å²) < 4.78 is 0. The summed E-state index contributed by atoms with van der Waals surface area (Å²) in [4.78, 5) is 14.7. The van der Waals surface area contributed by atoms with Crippen molar-refractivity contribution in [2.24, 2.45) is 0 Å². The molecule has 0 aliphatic carbocycles. The number of carbonyl (C=O) groups is 1. The van der Waals surface area contributed by atoms with E-state index in [1.165, 1.54) is 5.69 Å². The zero-order valence-corrected chi connectivity index (χ0v) is 15.1. The van der Waals surface area contributed by atoms with Crippen LogP contribution < -0.4 is 15.5 Å². The van der Waals surface area contributed by atoms with E-state index in [1.54, 1.807) is 6.20 Å². The van der Waals surface area contributed by atoms with Gasteiger partial charge in [-0.05, 0) is 48.7 Å². The van der Waals surface area contributed by atoms with Crippen LogP contribution in [0.5, 0.6) is 0 Å². The van der Waals surface area contributed by atoms with E-state index in [-0.39, 0.29) is 12.1 Å². The Hall–Kier alpha value is -3.28. The number of H-pyrrole nitrogens is 1. The van der Waals surface area contributed by atoms with Gasteiger partial charge in [0.05, 0.1) is 5.69 Å². The highest BCUT2D eigenvalue weighted by molar-refractivity contribution is 5.89. The molecule has 0 bridgehead atoms. The number of piperidine rings is 1. The predicted molar refractivity (Wildman–Crippen MR) is 108 cm³/mol. The van der Waals surface area contributed by atoms with E-state index in [2.05, 4.69) is 37.9 Å². The van der Waals surface area contributed by atoms with Crippen molar-refractivity contribution in [3.05, 3.63) is 66.9 Å². The molecule has 3 N–H and O–H groups in total. The Labute approximate surface area is 158 Å². The van der Waals surface area contributed by atoms with Gasteiger partial charge < -0.3 is 15.5 Å². The van der Waals surface area contributed by atoms with E-state index in [0.717, 1.165) is 42.9 Å². The van der Waals surface area contributed by atoms with Gasteiger partial charge in [0.2, 0.25) is 0 Å². The van der Waals surface area contributed by atoms with Gasteiger partial charge in [-0.15, -0.1) is 0 Å². The molecule has 0 radical (unpaired) electrons. The smallest absolute Gasteiger partial charge is 0.319 e. The molecule has 2 heterocycles. The molecule has 27 heavy (non-hydrogen) atoms. The summed E-state index contributed by atoms with van der Waals surface area (Å²) >= 11 is 0. The molecule has 0 saturated carbocycles. The van der Waals surface area contributed by atoms with Gasteiger partial charge in [-0.25, -0.2) is 4.79 Å². The lowest BCUT2D eigenvalue weighted by atomic mass is 10.1. The molecule has 1 fully saturated rings. The summed E-state index contributed by atoms with van der Waals surface area (Å²) in [5.41, 5.74) is 3.96. The van der Waals surface area contributed by atoms with Crippen molar-refractivity contribution in [2.45, 2.75) is 18.9 Å². The summed E-state index contributed by atoms with van der Waals surface area (Å²) in [7, 11) is 0. The standard InChI is InChI=1S/C21H23N5O/c27-21(23-17-10-8-16(9-11-17)20-12-13-22-25-20)24-18-5-4-14-26(15-18)19-6-2-1-3-7-19/h1-3,6-13,18H,4-5,14-15H2,(H,22,25)(H2,23,24,27). The van der Waals surface area contributed by atoms with E-state index < -0.39 is 0 Å². The minimum Gasteiger partial charge on any atom is -0.369 e. The van der Waals surface area contributed by atoms with Crippen molar-refractivity contribution in [2.75, 3.05) is 23.3 Å². The van der Waals surface area contributed by atoms with E-state index in [4.69, 9.17) is 0 Å². The highest BCUT2D eigenvalue weighted by atomic mass is 16.2. The largest absolute Gasteiger partial charge is 0.369 e. The number of para-hydroxylation sites is 1. The first-order valence-corrected chi connectivity index (χ1v) is 9.25. The number of anilines is 2. The van der Waals surface area contributed by atoms with Crippen LogP contribution in [0, 0.1) is 0 Å². The lowest BCUT2D eigenvalue weighted by Gasteiger charge is -2.34. The van der Waals surface area contributed by atoms with E-state index >= 15 is 0 Å². The minimum absolute atomic E-state index is 0.142. The fourth-order valence-electron chi connectivity index (χ4n) is 3.47. The average Bonchev–Trinajstić information content (AvgIpc) is 3.24. The first kappa shape index (κ1) is 17.1. The molecule has 1 unspecified atom stereocenters. The Bertz CT molecular complexity index is 861. The van der Waals surface area contributed by atoms with Crippen LogP contribution in [0.25, 0.3) is 11.3 Å². The molecule has 2 amide bonds. The summed E-state index contributed by atoms with van der Waals surface area (Å²) in [5, 5.41) is 12.9. The second-order valence-corrected chi connectivity index (χ2v) is 6.77. The molecule has 2 aromatic carbocycles. The third-order valence-corrected chi connectivity index (χ3v) is 4.83. The van der Waals surface area contributed by atoms with Crippen molar-refractivity contribution in [1.82, 2.24) is 15.5 Å². The van der Waals surface area contributed by atoms with Crippen LogP contribution in [0.4, 0.5) is 16.2 Å². The number of urea groups is 1. The predicted octanol–water partition coefficient (Wildman–Crippen LogP) is 3.87. The highest BCUT2D eigenvalue weighted by Crippen LogP contribution is 2.20. The van der Waals surface area contributed by atoms with Gasteiger partial charge in [0.1, 0.15) is 0 Å². The topological polar surface area (TPSA) is 73.0 Å². The maximum absolute atomic E-state index is 12.4. The van der Waals surface area contributed by atoms with Gasteiger partial charge in [-0.2, -0.15) is 5.10 Å². The van der Waals surface area contributed by atoms with Crippen LogP contribution in [-0.4, -0.2) is 35.4 Å². The molecule has 4 rings (SSSR count). The SMILES string of the molecule is O=C(Nc1ccc(-c2ccn[nH]2)cc1)NC1CCCN(c2ccccc2)C1. The molecule has 6 heteroatoms. The fraction of sp³-hybridized carbons (Fsp3) is 0.238. The maximum Gasteiger partial charge on any atom is 0.319 e. The fourth-order valence-corrected chi connectivity index (χ4v) is 3.47. The highest BCUT2D eigenvalue weighted by Gasteiger charge is 2.21. The first-order valence-electron chi connectivity index (χ1n) is 9.25. The van der Waals surface area contributed by atoms with Crippen LogP contribution in [0.3, 0.4) is 0 Å². The average molecular weight is 361 g/mol. The monoisotopic (exact) mass is 361 g/mol. The zero-order chi connectivity index (χ0) is 18.5. The van der Waals surface area contributed by atoms with Gasteiger partial charge >= 0.3 is 6.03 Å². The second kappa shape index (κ2) is 7.95. The molecule has 3 aromatic rings. The van der Waals surface area contributed by atoms with Gasteiger partial charge in [0.15, 0.2) is 0 Å². The first-order chi connectivity index (χ1) is 13.3. The van der Waals surface area contributed by atoms with Crippen molar-refractivity contribution < 1.29 is 4.79 Å². The number of benzene rings is 2. The molecule has 0 spiro atoms.